The Labute approximate surface area is 74.8 Å². The Bertz CT molecular complexity index is 128. The van der Waals surface area contributed by atoms with E-state index in [4.69, 9.17) is 5.11 Å². The Morgan fingerprint density at radius 1 is 1.23 bits per heavy atom. The third-order valence-corrected chi connectivity index (χ3v) is 0.529. The third kappa shape index (κ3) is 25.1. The fourth-order valence-corrected chi connectivity index (χ4v) is 0.254. The second-order valence-electron chi connectivity index (χ2n) is 1.62. The van der Waals surface area contributed by atoms with Crippen LogP contribution in [0, 0.1) is 0 Å². The lowest BCUT2D eigenvalue weighted by Gasteiger charge is -2.05. The van der Waals surface area contributed by atoms with Crippen molar-refractivity contribution in [1.82, 2.24) is 0 Å². The van der Waals surface area contributed by atoms with Crippen LogP contribution in [0.5, 0.6) is 0 Å². The summed E-state index contributed by atoms with van der Waals surface area (Å²) in [5.41, 5.74) is 0. The van der Waals surface area contributed by atoms with E-state index in [2.05, 4.69) is 14.2 Å². The third-order valence-electron chi connectivity index (χ3n) is 0.529. The number of carbonyl (C=O) groups is 2. The Balaban J connectivity index is 0. The summed E-state index contributed by atoms with van der Waals surface area (Å²) in [6.45, 7) is -0.655. The highest BCUT2D eigenvalue weighted by atomic mass is 16.7. The zero-order valence-electron chi connectivity index (χ0n) is 7.31. The molecule has 0 bridgehead atoms. The van der Waals surface area contributed by atoms with Crippen molar-refractivity contribution >= 4 is 12.3 Å². The zero-order chi connectivity index (χ0) is 10.7. The first kappa shape index (κ1) is 14.0. The van der Waals surface area contributed by atoms with Crippen molar-refractivity contribution in [2.75, 3.05) is 27.4 Å². The first-order chi connectivity index (χ1) is 6.04. The molecule has 0 amide bonds. The van der Waals surface area contributed by atoms with E-state index in [9.17, 15) is 14.7 Å². The van der Waals surface area contributed by atoms with Crippen LogP contribution in [0.25, 0.3) is 0 Å². The molecule has 0 aromatic carbocycles. The number of rotatable bonds is 3. The second-order valence-corrected chi connectivity index (χ2v) is 1.62. The van der Waals surface area contributed by atoms with Crippen LogP contribution < -0.4 is 5.11 Å². The van der Waals surface area contributed by atoms with Crippen LogP contribution in [0.4, 0.5) is 9.59 Å². The van der Waals surface area contributed by atoms with Crippen LogP contribution >= 0.6 is 0 Å². The van der Waals surface area contributed by atoms with Crippen molar-refractivity contribution in [3.63, 3.8) is 0 Å². The molecule has 0 rings (SSSR count). The average molecular weight is 195 g/mol. The maximum atomic E-state index is 9.60. The van der Waals surface area contributed by atoms with E-state index < -0.39 is 12.3 Å². The van der Waals surface area contributed by atoms with Crippen molar-refractivity contribution in [3.8, 4) is 0 Å². The van der Waals surface area contributed by atoms with Gasteiger partial charge in [-0.3, -0.25) is 0 Å². The lowest BCUT2D eigenvalue weighted by molar-refractivity contribution is -0.283. The summed E-state index contributed by atoms with van der Waals surface area (Å²) >= 11 is 0. The van der Waals surface area contributed by atoms with E-state index in [0.29, 0.717) is 0 Å². The number of hydrogen-bond donors (Lipinski definition) is 1. The SMILES string of the molecule is COC.O=C([O-])OCCOC(=O)O. The molecule has 0 aromatic rings. The van der Waals surface area contributed by atoms with E-state index in [0.717, 1.165) is 0 Å². The van der Waals surface area contributed by atoms with Crippen LogP contribution in [0.1, 0.15) is 0 Å². The zero-order valence-corrected chi connectivity index (χ0v) is 7.31. The molecule has 0 aliphatic rings. The predicted octanol–water partition coefficient (Wildman–Crippen LogP) is -0.696. The summed E-state index contributed by atoms with van der Waals surface area (Å²) in [6.07, 6.45) is -3.17. The molecule has 13 heavy (non-hydrogen) atoms. The summed E-state index contributed by atoms with van der Waals surface area (Å²) in [5.74, 6) is 0. The van der Waals surface area contributed by atoms with Crippen LogP contribution in [0.15, 0.2) is 0 Å². The molecule has 7 nitrogen and oxygen atoms in total. The van der Waals surface area contributed by atoms with Crippen LogP contribution in [0.2, 0.25) is 0 Å². The minimum absolute atomic E-state index is 0.316. The topological polar surface area (TPSA) is 105 Å². The lowest BCUT2D eigenvalue weighted by Crippen LogP contribution is -2.25. The molecule has 0 spiro atoms. The van der Waals surface area contributed by atoms with Gasteiger partial charge in [0, 0.05) is 14.2 Å². The largest absolute Gasteiger partial charge is 0.546 e. The van der Waals surface area contributed by atoms with Gasteiger partial charge >= 0.3 is 6.16 Å². The van der Waals surface area contributed by atoms with Crippen molar-refractivity contribution < 1.29 is 34.0 Å². The van der Waals surface area contributed by atoms with Crippen LogP contribution in [-0.2, 0) is 14.2 Å². The monoisotopic (exact) mass is 195 g/mol. The fraction of sp³-hybridized carbons (Fsp3) is 0.667. The number of methoxy groups -OCH3 is 1. The smallest absolute Gasteiger partial charge is 0.505 e. The van der Waals surface area contributed by atoms with Crippen LogP contribution in [-0.4, -0.2) is 44.9 Å². The minimum atomic E-state index is -1.70. The lowest BCUT2D eigenvalue weighted by atomic mass is 10.8. The van der Waals surface area contributed by atoms with Gasteiger partial charge in [0.15, 0.2) is 0 Å². The van der Waals surface area contributed by atoms with E-state index >= 15 is 0 Å². The fourth-order valence-electron chi connectivity index (χ4n) is 0.254. The van der Waals surface area contributed by atoms with Crippen molar-refractivity contribution in [2.45, 2.75) is 0 Å². The molecule has 0 saturated heterocycles. The maximum absolute atomic E-state index is 9.60. The molecule has 0 unspecified atom stereocenters. The molecule has 0 fully saturated rings. The van der Waals surface area contributed by atoms with Gasteiger partial charge in [0.1, 0.15) is 6.61 Å². The van der Waals surface area contributed by atoms with Gasteiger partial charge in [0.2, 0.25) is 0 Å². The summed E-state index contributed by atoms with van der Waals surface area (Å²) in [6, 6.07) is 0. The first-order valence-corrected chi connectivity index (χ1v) is 3.14. The maximum Gasteiger partial charge on any atom is 0.505 e. The minimum Gasteiger partial charge on any atom is -0.546 e. The van der Waals surface area contributed by atoms with Gasteiger partial charge in [0.05, 0.1) is 6.61 Å². The highest BCUT2D eigenvalue weighted by molar-refractivity contribution is 5.56. The number of hydrogen-bond acceptors (Lipinski definition) is 6. The van der Waals surface area contributed by atoms with Gasteiger partial charge in [0.25, 0.3) is 6.16 Å². The van der Waals surface area contributed by atoms with Gasteiger partial charge in [-0.1, -0.05) is 0 Å². The summed E-state index contributed by atoms with van der Waals surface area (Å²) in [5, 5.41) is 17.3. The molecular formula is C6H11O7-. The Kier molecular flexibility index (Phi) is 11.3. The average Bonchev–Trinajstić information content (AvgIpc) is 1.99. The predicted molar refractivity (Wildman–Crippen MR) is 38.3 cm³/mol. The summed E-state index contributed by atoms with van der Waals surface area (Å²) < 4.78 is 12.0. The van der Waals surface area contributed by atoms with Gasteiger partial charge < -0.3 is 29.2 Å². The molecule has 0 aliphatic heterocycles. The molecule has 7 heteroatoms. The molecule has 0 heterocycles. The Morgan fingerprint density at radius 2 is 1.62 bits per heavy atom. The molecule has 0 atom stereocenters. The Morgan fingerprint density at radius 3 is 1.92 bits per heavy atom. The highest BCUT2D eigenvalue weighted by Gasteiger charge is 1.93. The normalized spacial score (nSPS) is 7.85. The first-order valence-electron chi connectivity index (χ1n) is 3.14. The molecule has 0 saturated carbocycles. The van der Waals surface area contributed by atoms with E-state index in [1.54, 1.807) is 14.2 Å². The molecule has 0 aliphatic carbocycles. The standard InChI is InChI=1S/C4H6O6.C2H6O/c5-3(6)9-1-2-10-4(7)8;1-3-2/h1-2H2,(H,5,6)(H,7,8);1-2H3/p-1. The number of carboxylic acid groups (broad SMARTS) is 2. The molecule has 0 radical (unpaired) electrons. The molecular weight excluding hydrogens is 184 g/mol. The quantitative estimate of drug-likeness (QED) is 0.469. The van der Waals surface area contributed by atoms with Gasteiger partial charge in [-0.05, 0) is 0 Å². The van der Waals surface area contributed by atoms with Gasteiger partial charge in [-0.25, -0.2) is 4.79 Å². The van der Waals surface area contributed by atoms with Gasteiger partial charge in [-0.15, -0.1) is 0 Å². The summed E-state index contributed by atoms with van der Waals surface area (Å²) in [7, 11) is 3.25. The number of ether oxygens (including phenoxy) is 3. The van der Waals surface area contributed by atoms with E-state index in [-0.39, 0.29) is 13.2 Å². The van der Waals surface area contributed by atoms with Crippen LogP contribution in [0.3, 0.4) is 0 Å². The van der Waals surface area contributed by atoms with E-state index in [1.165, 1.54) is 0 Å². The summed E-state index contributed by atoms with van der Waals surface area (Å²) in [4.78, 5) is 19.1. The number of carbonyl (C=O) groups excluding carboxylic acids is 1. The second kappa shape index (κ2) is 10.5. The van der Waals surface area contributed by atoms with Crippen molar-refractivity contribution in [3.05, 3.63) is 0 Å². The highest BCUT2D eigenvalue weighted by Crippen LogP contribution is 1.77. The molecule has 0 aromatic heterocycles. The molecule has 78 valence electrons. The van der Waals surface area contributed by atoms with Crippen molar-refractivity contribution in [1.29, 1.82) is 0 Å². The van der Waals surface area contributed by atoms with E-state index in [1.807, 2.05) is 0 Å². The Hall–Kier alpha value is -1.50. The van der Waals surface area contributed by atoms with Gasteiger partial charge in [-0.2, -0.15) is 0 Å². The molecule has 1 N–H and O–H groups in total. The van der Waals surface area contributed by atoms with Crippen molar-refractivity contribution in [2.24, 2.45) is 0 Å².